The van der Waals surface area contributed by atoms with E-state index in [1.807, 2.05) is 86.0 Å². The van der Waals surface area contributed by atoms with Crippen molar-refractivity contribution >= 4 is 22.6 Å². The first kappa shape index (κ1) is 20.6. The van der Waals surface area contributed by atoms with Crippen molar-refractivity contribution in [2.45, 2.75) is 28.1 Å². The molecule has 5 heteroatoms. The largest absolute Gasteiger partial charge is 0.497 e. The summed E-state index contributed by atoms with van der Waals surface area (Å²) in [5, 5.41) is 10.8. The molecule has 0 amide bonds. The molecule has 28 heavy (non-hydrogen) atoms. The minimum Gasteiger partial charge on any atom is -0.497 e. The van der Waals surface area contributed by atoms with Gasteiger partial charge in [-0.2, -0.15) is 11.8 Å². The maximum Gasteiger partial charge on any atom is 0.118 e. The zero-order chi connectivity index (χ0) is 20.1. The summed E-state index contributed by atoms with van der Waals surface area (Å²) in [5.41, 5.74) is 2.82. The second-order valence-corrected chi connectivity index (χ2v) is 8.92. The van der Waals surface area contributed by atoms with Crippen molar-refractivity contribution in [1.29, 1.82) is 0 Å². The summed E-state index contributed by atoms with van der Waals surface area (Å²) in [6, 6.07) is 22.8. The van der Waals surface area contributed by atoms with Crippen LogP contribution in [0.2, 0.25) is 0 Å². The van der Waals surface area contributed by atoms with Gasteiger partial charge in [-0.3, -0.25) is 0 Å². The van der Waals surface area contributed by atoms with Crippen LogP contribution in [0.4, 0.5) is 0 Å². The zero-order valence-electron chi connectivity index (χ0n) is 16.2. The van der Waals surface area contributed by atoms with E-state index >= 15 is 0 Å². The van der Waals surface area contributed by atoms with E-state index in [0.717, 1.165) is 32.2 Å². The van der Waals surface area contributed by atoms with Gasteiger partial charge in [-0.1, -0.05) is 48.0 Å². The number of rotatable bonds is 7. The smallest absolute Gasteiger partial charge is 0.118 e. The molecule has 1 unspecified atom stereocenters. The molecule has 146 valence electrons. The molecule has 0 fully saturated rings. The third kappa shape index (κ3) is 4.49. The van der Waals surface area contributed by atoms with Gasteiger partial charge in [-0.05, 0) is 54.6 Å². The highest BCUT2D eigenvalue weighted by molar-refractivity contribution is 7.98. The average molecular weight is 413 g/mol. The van der Waals surface area contributed by atoms with Crippen LogP contribution in [0.15, 0.2) is 82.6 Å². The number of hydrogen-bond donors (Lipinski definition) is 1. The van der Waals surface area contributed by atoms with Gasteiger partial charge in [-0.15, -0.1) is 0 Å². The van der Waals surface area contributed by atoms with Crippen LogP contribution in [0.5, 0.6) is 5.75 Å². The first-order valence-electron chi connectivity index (χ1n) is 8.97. The van der Waals surface area contributed by atoms with Crippen LogP contribution in [0, 0.1) is 6.92 Å². The van der Waals surface area contributed by atoms with Crippen LogP contribution in [0.1, 0.15) is 28.0 Å². The topological polar surface area (TPSA) is 46.5 Å². The van der Waals surface area contributed by atoms with E-state index in [9.17, 15) is 9.32 Å². The quantitative estimate of drug-likeness (QED) is 0.571. The van der Waals surface area contributed by atoms with Crippen molar-refractivity contribution in [2.75, 3.05) is 13.4 Å². The number of methoxy groups -OCH3 is 1. The van der Waals surface area contributed by atoms with E-state index in [-0.39, 0.29) is 5.25 Å². The van der Waals surface area contributed by atoms with Crippen molar-refractivity contribution in [3.05, 3.63) is 89.5 Å². The van der Waals surface area contributed by atoms with Gasteiger partial charge in [0.1, 0.15) is 5.75 Å². The molecule has 0 saturated carbocycles. The molecule has 1 N–H and O–H groups in total. The number of hydrogen-bond acceptors (Lipinski definition) is 4. The van der Waals surface area contributed by atoms with E-state index in [4.69, 9.17) is 4.74 Å². The molecule has 3 rings (SSSR count). The second kappa shape index (κ2) is 9.41. The van der Waals surface area contributed by atoms with E-state index in [0.29, 0.717) is 0 Å². The summed E-state index contributed by atoms with van der Waals surface area (Å²) in [6.45, 7) is 2.01. The molecule has 3 aromatic rings. The first-order chi connectivity index (χ1) is 13.5. The molecule has 3 atom stereocenters. The molecule has 3 aromatic carbocycles. The maximum absolute atomic E-state index is 13.2. The Kier molecular flexibility index (Phi) is 6.94. The van der Waals surface area contributed by atoms with Gasteiger partial charge >= 0.3 is 0 Å². The molecular formula is C23H24O3S2. The van der Waals surface area contributed by atoms with Crippen molar-refractivity contribution in [3.63, 3.8) is 0 Å². The first-order valence-corrected chi connectivity index (χ1v) is 11.4. The van der Waals surface area contributed by atoms with Crippen molar-refractivity contribution in [1.82, 2.24) is 0 Å². The summed E-state index contributed by atoms with van der Waals surface area (Å²) < 4.78 is 18.4. The summed E-state index contributed by atoms with van der Waals surface area (Å²) in [7, 11) is 0.307. The second-order valence-electron chi connectivity index (χ2n) is 6.49. The van der Waals surface area contributed by atoms with Gasteiger partial charge in [0.05, 0.1) is 29.3 Å². The Labute approximate surface area is 173 Å². The number of thioether (sulfide) groups is 1. The molecule has 0 aliphatic rings. The number of aryl methyl sites for hydroxylation is 1. The van der Waals surface area contributed by atoms with Crippen LogP contribution in [-0.2, 0) is 10.8 Å². The van der Waals surface area contributed by atoms with Crippen molar-refractivity contribution in [2.24, 2.45) is 0 Å². The molecule has 0 aromatic heterocycles. The molecule has 0 radical (unpaired) electrons. The van der Waals surface area contributed by atoms with Crippen molar-refractivity contribution in [3.8, 4) is 5.75 Å². The third-order valence-electron chi connectivity index (χ3n) is 4.66. The van der Waals surface area contributed by atoms with E-state index in [1.165, 1.54) is 0 Å². The number of benzene rings is 3. The molecule has 0 aliphatic heterocycles. The van der Waals surface area contributed by atoms with Gasteiger partial charge in [0.15, 0.2) is 0 Å². The standard InChI is InChI=1S/C23H24O3S2/c1-16-8-14-19(15-9-16)28(25)21-7-5-4-6-20(21)23(27-3)22(24)17-10-12-18(26-2)13-11-17/h4-15,22-24H,1-3H3/t22?,23-,28+/m1/s1. The molecule has 0 heterocycles. The summed E-state index contributed by atoms with van der Waals surface area (Å²) in [6.07, 6.45) is 1.24. The fraction of sp³-hybridized carbons (Fsp3) is 0.217. The zero-order valence-corrected chi connectivity index (χ0v) is 17.8. The van der Waals surface area contributed by atoms with Gasteiger partial charge in [-0.25, -0.2) is 4.21 Å². The van der Waals surface area contributed by atoms with Crippen molar-refractivity contribution < 1.29 is 14.1 Å². The Morgan fingerprint density at radius 3 is 2.21 bits per heavy atom. The van der Waals surface area contributed by atoms with Crippen LogP contribution >= 0.6 is 11.8 Å². The molecule has 3 nitrogen and oxygen atoms in total. The SMILES string of the molecule is COc1ccc(C(O)[C@H](SC)c2ccccc2[S@@](=O)c2ccc(C)cc2)cc1. The lowest BCUT2D eigenvalue weighted by Gasteiger charge is -2.24. The molecule has 0 aliphatic carbocycles. The van der Waals surface area contributed by atoms with Gasteiger partial charge in [0.2, 0.25) is 0 Å². The van der Waals surface area contributed by atoms with Crippen LogP contribution in [-0.4, -0.2) is 22.7 Å². The van der Waals surface area contributed by atoms with Gasteiger partial charge < -0.3 is 9.84 Å². The van der Waals surface area contributed by atoms with Crippen LogP contribution in [0.3, 0.4) is 0 Å². The number of aliphatic hydroxyl groups excluding tert-OH is 1. The predicted octanol–water partition coefficient (Wildman–Crippen LogP) is 5.31. The molecule has 0 bridgehead atoms. The lowest BCUT2D eigenvalue weighted by atomic mass is 10.0. The van der Waals surface area contributed by atoms with Gasteiger partial charge in [0.25, 0.3) is 0 Å². The highest BCUT2D eigenvalue weighted by Crippen LogP contribution is 2.41. The Bertz CT molecular complexity index is 937. The molecule has 0 spiro atoms. The Morgan fingerprint density at radius 2 is 1.61 bits per heavy atom. The summed E-state index contributed by atoms with van der Waals surface area (Å²) in [4.78, 5) is 1.50. The molecular weight excluding hydrogens is 388 g/mol. The third-order valence-corrected chi connectivity index (χ3v) is 7.15. The van der Waals surface area contributed by atoms with Gasteiger partial charge in [0, 0.05) is 9.79 Å². The lowest BCUT2D eigenvalue weighted by molar-refractivity contribution is 0.174. The fourth-order valence-electron chi connectivity index (χ4n) is 3.08. The summed E-state index contributed by atoms with van der Waals surface area (Å²) >= 11 is 1.55. The fourth-order valence-corrected chi connectivity index (χ4v) is 5.27. The summed E-state index contributed by atoms with van der Waals surface area (Å²) in [5.74, 6) is 0.748. The van der Waals surface area contributed by atoms with E-state index in [1.54, 1.807) is 18.9 Å². The lowest BCUT2D eigenvalue weighted by Crippen LogP contribution is -2.11. The minimum atomic E-state index is -1.31. The highest BCUT2D eigenvalue weighted by Gasteiger charge is 2.26. The number of ether oxygens (including phenoxy) is 1. The van der Waals surface area contributed by atoms with Crippen LogP contribution < -0.4 is 4.74 Å². The van der Waals surface area contributed by atoms with Crippen LogP contribution in [0.25, 0.3) is 0 Å². The highest BCUT2D eigenvalue weighted by atomic mass is 32.2. The average Bonchev–Trinajstić information content (AvgIpc) is 2.74. The maximum atomic E-state index is 13.2. The minimum absolute atomic E-state index is 0.237. The molecule has 0 saturated heterocycles. The Hall–Kier alpha value is -2.08. The van der Waals surface area contributed by atoms with E-state index in [2.05, 4.69) is 0 Å². The normalized spacial score (nSPS) is 14.3. The number of aliphatic hydroxyl groups is 1. The van der Waals surface area contributed by atoms with E-state index < -0.39 is 16.9 Å². The predicted molar refractivity (Wildman–Crippen MR) is 117 cm³/mol. The Morgan fingerprint density at radius 1 is 0.964 bits per heavy atom. The monoisotopic (exact) mass is 412 g/mol. The Balaban J connectivity index is 1.96.